The van der Waals surface area contributed by atoms with Gasteiger partial charge in [-0.05, 0) is 49.1 Å². The number of carbonyl (C=O) groups is 1. The minimum Gasteiger partial charge on any atom is -0.439 e. The second-order valence-electron chi connectivity index (χ2n) is 7.57. The molecule has 0 bridgehead atoms. The van der Waals surface area contributed by atoms with E-state index < -0.39 is 0 Å². The van der Waals surface area contributed by atoms with Gasteiger partial charge in [-0.2, -0.15) is 4.98 Å². The van der Waals surface area contributed by atoms with Gasteiger partial charge in [0, 0.05) is 37.8 Å². The van der Waals surface area contributed by atoms with Crippen LogP contribution in [0.5, 0.6) is 11.6 Å². The second kappa shape index (κ2) is 10.0. The Kier molecular flexibility index (Phi) is 6.72. The Morgan fingerprint density at radius 1 is 1.06 bits per heavy atom. The molecule has 0 radical (unpaired) electrons. The Morgan fingerprint density at radius 2 is 1.81 bits per heavy atom. The van der Waals surface area contributed by atoms with E-state index in [9.17, 15) is 9.18 Å². The van der Waals surface area contributed by atoms with Gasteiger partial charge < -0.3 is 15.0 Å². The normalized spacial score (nSPS) is 14.3. The summed E-state index contributed by atoms with van der Waals surface area (Å²) in [4.78, 5) is 23.2. The zero-order valence-electron chi connectivity index (χ0n) is 17.2. The van der Waals surface area contributed by atoms with E-state index >= 15 is 0 Å². The summed E-state index contributed by atoms with van der Waals surface area (Å²) in [7, 11) is 0. The van der Waals surface area contributed by atoms with Crippen molar-refractivity contribution >= 4 is 11.9 Å². The monoisotopic (exact) mass is 420 g/mol. The Bertz CT molecular complexity index is 990. The molecule has 1 aromatic heterocycles. The van der Waals surface area contributed by atoms with Gasteiger partial charge in [0.15, 0.2) is 0 Å². The van der Waals surface area contributed by atoms with Crippen molar-refractivity contribution in [2.45, 2.75) is 31.7 Å². The topological polar surface area (TPSA) is 67.4 Å². The molecular weight excluding hydrogens is 395 g/mol. The van der Waals surface area contributed by atoms with E-state index in [0.717, 1.165) is 32.4 Å². The van der Waals surface area contributed by atoms with Crippen LogP contribution in [-0.2, 0) is 11.2 Å². The fourth-order valence-corrected chi connectivity index (χ4v) is 3.59. The molecule has 4 rings (SSSR count). The number of amides is 1. The minimum absolute atomic E-state index is 0.0910. The molecule has 1 aliphatic heterocycles. The number of halogens is 1. The fraction of sp³-hybridized carbons (Fsp3) is 0.292. The van der Waals surface area contributed by atoms with E-state index in [1.54, 1.807) is 24.4 Å². The van der Waals surface area contributed by atoms with E-state index in [4.69, 9.17) is 4.74 Å². The van der Waals surface area contributed by atoms with Gasteiger partial charge in [0.2, 0.25) is 17.7 Å². The van der Waals surface area contributed by atoms with Gasteiger partial charge in [-0.15, -0.1) is 0 Å². The lowest BCUT2D eigenvalue weighted by Crippen LogP contribution is -2.45. The molecule has 0 aliphatic carbocycles. The van der Waals surface area contributed by atoms with Crippen LogP contribution in [0, 0.1) is 5.82 Å². The number of aryl methyl sites for hydroxylation is 1. The molecule has 3 aromatic rings. The van der Waals surface area contributed by atoms with Crippen LogP contribution in [0.2, 0.25) is 0 Å². The smallest absolute Gasteiger partial charge is 0.228 e. The fourth-order valence-electron chi connectivity index (χ4n) is 3.59. The third-order valence-electron chi connectivity index (χ3n) is 5.28. The maximum Gasteiger partial charge on any atom is 0.228 e. The highest BCUT2D eigenvalue weighted by Crippen LogP contribution is 2.22. The number of carbonyl (C=O) groups excluding carboxylic acids is 1. The van der Waals surface area contributed by atoms with E-state index in [2.05, 4.69) is 20.2 Å². The number of hydrogen-bond acceptors (Lipinski definition) is 5. The van der Waals surface area contributed by atoms with Crippen LogP contribution in [0.3, 0.4) is 0 Å². The summed E-state index contributed by atoms with van der Waals surface area (Å²) in [6, 6.07) is 17.7. The predicted molar refractivity (Wildman–Crippen MR) is 117 cm³/mol. The van der Waals surface area contributed by atoms with Gasteiger partial charge >= 0.3 is 0 Å². The molecular formula is C24H25FN4O2. The molecule has 31 heavy (non-hydrogen) atoms. The van der Waals surface area contributed by atoms with Crippen molar-refractivity contribution in [1.82, 2.24) is 15.3 Å². The minimum atomic E-state index is -0.314. The SMILES string of the molecule is O=C(CCc1ccccc1)NC1CCN(c2nccc(Oc3ccc(F)cc3)n2)CC1. The first-order valence-corrected chi connectivity index (χ1v) is 10.5. The van der Waals surface area contributed by atoms with Crippen molar-refractivity contribution in [3.05, 3.63) is 78.2 Å². The maximum absolute atomic E-state index is 13.0. The highest BCUT2D eigenvalue weighted by molar-refractivity contribution is 5.76. The van der Waals surface area contributed by atoms with Gasteiger partial charge in [0.05, 0.1) is 0 Å². The molecule has 1 amide bonds. The summed E-state index contributed by atoms with van der Waals surface area (Å²) >= 11 is 0. The Balaban J connectivity index is 1.25. The number of ether oxygens (including phenoxy) is 1. The largest absolute Gasteiger partial charge is 0.439 e. The molecule has 0 saturated carbocycles. The summed E-state index contributed by atoms with van der Waals surface area (Å²) in [6.45, 7) is 1.51. The maximum atomic E-state index is 13.0. The van der Waals surface area contributed by atoms with Gasteiger partial charge in [-0.25, -0.2) is 9.37 Å². The first-order valence-electron chi connectivity index (χ1n) is 10.5. The van der Waals surface area contributed by atoms with Crippen molar-refractivity contribution < 1.29 is 13.9 Å². The predicted octanol–water partition coefficient (Wildman–Crippen LogP) is 4.13. The van der Waals surface area contributed by atoms with Gasteiger partial charge in [0.1, 0.15) is 11.6 Å². The van der Waals surface area contributed by atoms with Gasteiger partial charge in [0.25, 0.3) is 0 Å². The lowest BCUT2D eigenvalue weighted by atomic mass is 10.0. The molecule has 7 heteroatoms. The quantitative estimate of drug-likeness (QED) is 0.623. The van der Waals surface area contributed by atoms with Crippen LogP contribution in [0.15, 0.2) is 66.9 Å². The van der Waals surface area contributed by atoms with Crippen LogP contribution < -0.4 is 15.0 Å². The Hall–Kier alpha value is -3.48. The number of nitrogens with zero attached hydrogens (tertiary/aromatic N) is 3. The zero-order chi connectivity index (χ0) is 21.5. The highest BCUT2D eigenvalue weighted by Gasteiger charge is 2.22. The van der Waals surface area contributed by atoms with Crippen molar-refractivity contribution in [2.75, 3.05) is 18.0 Å². The number of anilines is 1. The molecule has 1 saturated heterocycles. The molecule has 6 nitrogen and oxygen atoms in total. The second-order valence-corrected chi connectivity index (χ2v) is 7.57. The van der Waals surface area contributed by atoms with Crippen molar-refractivity contribution in [2.24, 2.45) is 0 Å². The molecule has 1 fully saturated rings. The number of nitrogens with one attached hydrogen (secondary N) is 1. The van der Waals surface area contributed by atoms with Crippen LogP contribution in [0.4, 0.5) is 10.3 Å². The lowest BCUT2D eigenvalue weighted by molar-refractivity contribution is -0.121. The Morgan fingerprint density at radius 3 is 2.55 bits per heavy atom. The van der Waals surface area contributed by atoms with Crippen molar-refractivity contribution in [3.63, 3.8) is 0 Å². The number of rotatable bonds is 7. The number of hydrogen-bond donors (Lipinski definition) is 1. The summed E-state index contributed by atoms with van der Waals surface area (Å²) in [5, 5.41) is 3.15. The highest BCUT2D eigenvalue weighted by atomic mass is 19.1. The van der Waals surface area contributed by atoms with E-state index in [1.807, 2.05) is 30.3 Å². The molecule has 0 unspecified atom stereocenters. The average molecular weight is 420 g/mol. The van der Waals surface area contributed by atoms with Crippen LogP contribution >= 0.6 is 0 Å². The summed E-state index contributed by atoms with van der Waals surface area (Å²) in [5.74, 6) is 1.29. The standard InChI is InChI=1S/C24H25FN4O2/c25-19-7-9-21(10-8-19)31-23-12-15-26-24(28-23)29-16-13-20(14-17-29)27-22(30)11-6-18-4-2-1-3-5-18/h1-5,7-10,12,15,20H,6,11,13-14,16-17H2,(H,27,30). The lowest BCUT2D eigenvalue weighted by Gasteiger charge is -2.32. The third-order valence-corrected chi connectivity index (χ3v) is 5.28. The van der Waals surface area contributed by atoms with Crippen LogP contribution in [0.1, 0.15) is 24.8 Å². The van der Waals surface area contributed by atoms with E-state index in [1.165, 1.54) is 17.7 Å². The Labute approximate surface area is 181 Å². The summed E-state index contributed by atoms with van der Waals surface area (Å²) in [6.07, 6.45) is 4.57. The number of piperidine rings is 1. The molecule has 1 N–H and O–H groups in total. The molecule has 160 valence electrons. The summed E-state index contributed by atoms with van der Waals surface area (Å²) in [5.41, 5.74) is 1.17. The molecule has 2 aromatic carbocycles. The first kappa shape index (κ1) is 20.8. The van der Waals surface area contributed by atoms with Crippen molar-refractivity contribution in [1.29, 1.82) is 0 Å². The molecule has 0 atom stereocenters. The average Bonchev–Trinajstić information content (AvgIpc) is 2.81. The van der Waals surface area contributed by atoms with Crippen molar-refractivity contribution in [3.8, 4) is 11.6 Å². The molecule has 1 aliphatic rings. The van der Waals surface area contributed by atoms with Crippen LogP contribution in [-0.4, -0.2) is 35.0 Å². The first-order chi connectivity index (χ1) is 15.2. The third kappa shape index (κ3) is 6.01. The summed E-state index contributed by atoms with van der Waals surface area (Å²) < 4.78 is 18.8. The number of aromatic nitrogens is 2. The van der Waals surface area contributed by atoms with Gasteiger partial charge in [-0.3, -0.25) is 4.79 Å². The number of benzene rings is 2. The van der Waals surface area contributed by atoms with E-state index in [0.29, 0.717) is 24.0 Å². The molecule has 0 spiro atoms. The zero-order valence-corrected chi connectivity index (χ0v) is 17.2. The van der Waals surface area contributed by atoms with Crippen LogP contribution in [0.25, 0.3) is 0 Å². The molecule has 2 heterocycles. The van der Waals surface area contributed by atoms with Gasteiger partial charge in [-0.1, -0.05) is 30.3 Å². The van der Waals surface area contributed by atoms with E-state index in [-0.39, 0.29) is 17.8 Å².